The van der Waals surface area contributed by atoms with E-state index in [1.807, 2.05) is 12.1 Å². The molecule has 2 rings (SSSR count). The average molecular weight is 300 g/mol. The van der Waals surface area contributed by atoms with Crippen molar-refractivity contribution in [3.63, 3.8) is 0 Å². The number of halogens is 2. The van der Waals surface area contributed by atoms with Crippen LogP contribution in [0.3, 0.4) is 0 Å². The molecule has 0 radical (unpaired) electrons. The van der Waals surface area contributed by atoms with E-state index >= 15 is 0 Å². The van der Waals surface area contributed by atoms with Crippen molar-refractivity contribution in [2.24, 2.45) is 0 Å². The van der Waals surface area contributed by atoms with E-state index in [-0.39, 0.29) is 11.4 Å². The van der Waals surface area contributed by atoms with Crippen LogP contribution in [0.1, 0.15) is 44.6 Å². The minimum atomic E-state index is -0.133. The molecule has 94 valence electrons. The Morgan fingerprint density at radius 1 is 1.29 bits per heavy atom. The van der Waals surface area contributed by atoms with Gasteiger partial charge in [-0.1, -0.05) is 41.3 Å². The van der Waals surface area contributed by atoms with Crippen LogP contribution in [0.2, 0.25) is 0 Å². The minimum absolute atomic E-state index is 0.133. The summed E-state index contributed by atoms with van der Waals surface area (Å²) in [5.41, 5.74) is 0.942. The van der Waals surface area contributed by atoms with Gasteiger partial charge in [-0.2, -0.15) is 0 Å². The maximum absolute atomic E-state index is 13.7. The fourth-order valence-electron chi connectivity index (χ4n) is 2.48. The highest BCUT2D eigenvalue weighted by Crippen LogP contribution is 2.28. The quantitative estimate of drug-likeness (QED) is 0.872. The highest BCUT2D eigenvalue weighted by molar-refractivity contribution is 9.10. The molecule has 1 nitrogen and oxygen atoms in total. The van der Waals surface area contributed by atoms with E-state index in [9.17, 15) is 4.39 Å². The standard InChI is InChI=1S/C14H19BrFN/c1-14(7-3-2-4-8-14)17-10-11-5-6-12(15)9-13(11)16/h5-6,9,17H,2-4,7-8,10H2,1H3. The second kappa shape index (κ2) is 5.49. The molecule has 1 saturated carbocycles. The van der Waals surface area contributed by atoms with Gasteiger partial charge in [0.2, 0.25) is 0 Å². The molecule has 1 aromatic rings. The summed E-state index contributed by atoms with van der Waals surface area (Å²) < 4.78 is 14.5. The number of nitrogens with one attached hydrogen (secondary N) is 1. The monoisotopic (exact) mass is 299 g/mol. The van der Waals surface area contributed by atoms with E-state index in [0.29, 0.717) is 6.54 Å². The maximum Gasteiger partial charge on any atom is 0.128 e. The smallest absolute Gasteiger partial charge is 0.128 e. The van der Waals surface area contributed by atoms with E-state index in [0.717, 1.165) is 10.0 Å². The molecule has 1 N–H and O–H groups in total. The Morgan fingerprint density at radius 3 is 2.65 bits per heavy atom. The lowest BCUT2D eigenvalue weighted by molar-refractivity contribution is 0.251. The molecule has 0 aliphatic heterocycles. The predicted octanol–water partition coefficient (Wildman–Crippen LogP) is 4.40. The SMILES string of the molecule is CC1(NCc2ccc(Br)cc2F)CCCCC1. The molecule has 1 aliphatic rings. The molecule has 1 fully saturated rings. The second-order valence-corrected chi connectivity index (χ2v) is 6.13. The van der Waals surface area contributed by atoms with E-state index in [2.05, 4.69) is 28.2 Å². The lowest BCUT2D eigenvalue weighted by atomic mass is 9.83. The normalized spacial score (nSPS) is 19.2. The van der Waals surface area contributed by atoms with Gasteiger partial charge in [-0.25, -0.2) is 4.39 Å². The minimum Gasteiger partial charge on any atom is -0.307 e. The van der Waals surface area contributed by atoms with Crippen LogP contribution in [0.4, 0.5) is 4.39 Å². The second-order valence-electron chi connectivity index (χ2n) is 5.21. The third-order valence-electron chi connectivity index (χ3n) is 3.68. The third kappa shape index (κ3) is 3.52. The molecule has 1 aromatic carbocycles. The Bertz CT molecular complexity index is 386. The predicted molar refractivity (Wildman–Crippen MR) is 72.4 cm³/mol. The summed E-state index contributed by atoms with van der Waals surface area (Å²) in [6.07, 6.45) is 6.30. The summed E-state index contributed by atoms with van der Waals surface area (Å²) >= 11 is 3.27. The van der Waals surface area contributed by atoms with Gasteiger partial charge in [0.25, 0.3) is 0 Å². The zero-order valence-electron chi connectivity index (χ0n) is 10.2. The van der Waals surface area contributed by atoms with Gasteiger partial charge in [-0.05, 0) is 31.9 Å². The van der Waals surface area contributed by atoms with Gasteiger partial charge < -0.3 is 5.32 Å². The molecule has 0 heterocycles. The molecule has 0 unspecified atom stereocenters. The van der Waals surface area contributed by atoms with Gasteiger partial charge in [0.1, 0.15) is 5.82 Å². The maximum atomic E-state index is 13.7. The molecule has 0 aromatic heterocycles. The number of hydrogen-bond acceptors (Lipinski definition) is 1. The van der Waals surface area contributed by atoms with Crippen LogP contribution in [-0.2, 0) is 6.54 Å². The van der Waals surface area contributed by atoms with E-state index in [1.54, 1.807) is 0 Å². The topological polar surface area (TPSA) is 12.0 Å². The molecule has 0 atom stereocenters. The van der Waals surface area contributed by atoms with Crippen LogP contribution >= 0.6 is 15.9 Å². The van der Waals surface area contributed by atoms with Crippen molar-refractivity contribution in [3.05, 3.63) is 34.1 Å². The van der Waals surface area contributed by atoms with Crippen LogP contribution in [-0.4, -0.2) is 5.54 Å². The first-order chi connectivity index (χ1) is 8.09. The average Bonchev–Trinajstić information content (AvgIpc) is 2.29. The molecule has 17 heavy (non-hydrogen) atoms. The summed E-state index contributed by atoms with van der Waals surface area (Å²) in [5, 5.41) is 3.52. The summed E-state index contributed by atoms with van der Waals surface area (Å²) in [5.74, 6) is -0.133. The summed E-state index contributed by atoms with van der Waals surface area (Å²) in [6.45, 7) is 2.87. The summed E-state index contributed by atoms with van der Waals surface area (Å²) in [7, 11) is 0. The van der Waals surface area contributed by atoms with Crippen LogP contribution in [0, 0.1) is 5.82 Å². The molecular weight excluding hydrogens is 281 g/mol. The van der Waals surface area contributed by atoms with E-state index in [4.69, 9.17) is 0 Å². The Hall–Kier alpha value is -0.410. The van der Waals surface area contributed by atoms with Crippen molar-refractivity contribution in [2.45, 2.75) is 51.1 Å². The van der Waals surface area contributed by atoms with Crippen molar-refractivity contribution in [1.29, 1.82) is 0 Å². The third-order valence-corrected chi connectivity index (χ3v) is 4.17. The van der Waals surface area contributed by atoms with Gasteiger partial charge in [0, 0.05) is 22.1 Å². The lowest BCUT2D eigenvalue weighted by Gasteiger charge is -2.34. The fourth-order valence-corrected chi connectivity index (χ4v) is 2.82. The summed E-state index contributed by atoms with van der Waals surface area (Å²) in [6, 6.07) is 5.27. The Kier molecular flexibility index (Phi) is 4.21. The van der Waals surface area contributed by atoms with Gasteiger partial charge in [0.05, 0.1) is 0 Å². The number of rotatable bonds is 3. The van der Waals surface area contributed by atoms with Gasteiger partial charge in [-0.15, -0.1) is 0 Å². The van der Waals surface area contributed by atoms with Crippen molar-refractivity contribution in [1.82, 2.24) is 5.32 Å². The lowest BCUT2D eigenvalue weighted by Crippen LogP contribution is -2.43. The first-order valence-corrected chi connectivity index (χ1v) is 7.07. The largest absolute Gasteiger partial charge is 0.307 e. The zero-order chi connectivity index (χ0) is 12.3. The van der Waals surface area contributed by atoms with Crippen molar-refractivity contribution in [3.8, 4) is 0 Å². The molecule has 3 heteroatoms. The van der Waals surface area contributed by atoms with Gasteiger partial charge in [-0.3, -0.25) is 0 Å². The van der Waals surface area contributed by atoms with Crippen molar-refractivity contribution in [2.75, 3.05) is 0 Å². The summed E-state index contributed by atoms with van der Waals surface area (Å²) in [4.78, 5) is 0. The Balaban J connectivity index is 1.97. The molecule has 0 saturated heterocycles. The van der Waals surface area contributed by atoms with Gasteiger partial charge >= 0.3 is 0 Å². The molecule has 0 spiro atoms. The zero-order valence-corrected chi connectivity index (χ0v) is 11.8. The molecule has 1 aliphatic carbocycles. The van der Waals surface area contributed by atoms with Crippen molar-refractivity contribution >= 4 is 15.9 Å². The highest BCUT2D eigenvalue weighted by Gasteiger charge is 2.25. The van der Waals surface area contributed by atoms with E-state index in [1.165, 1.54) is 38.2 Å². The molecule has 0 amide bonds. The Labute approximate surface area is 111 Å². The fraction of sp³-hybridized carbons (Fsp3) is 0.571. The highest BCUT2D eigenvalue weighted by atomic mass is 79.9. The van der Waals surface area contributed by atoms with E-state index < -0.39 is 0 Å². The van der Waals surface area contributed by atoms with Crippen LogP contribution < -0.4 is 5.32 Å². The first-order valence-electron chi connectivity index (χ1n) is 6.28. The van der Waals surface area contributed by atoms with Crippen molar-refractivity contribution < 1.29 is 4.39 Å². The molecule has 0 bridgehead atoms. The van der Waals surface area contributed by atoms with Crippen LogP contribution in [0.15, 0.2) is 22.7 Å². The first kappa shape index (κ1) is 13.0. The Morgan fingerprint density at radius 2 is 2.00 bits per heavy atom. The van der Waals surface area contributed by atoms with Crippen LogP contribution in [0.5, 0.6) is 0 Å². The van der Waals surface area contributed by atoms with Gasteiger partial charge in [0.15, 0.2) is 0 Å². The number of hydrogen-bond donors (Lipinski definition) is 1. The molecular formula is C14H19BrFN. The number of benzene rings is 1. The van der Waals surface area contributed by atoms with Crippen LogP contribution in [0.25, 0.3) is 0 Å².